The predicted octanol–water partition coefficient (Wildman–Crippen LogP) is 1.80. The fourth-order valence-electron chi connectivity index (χ4n) is 1.41. The first-order valence-electron chi connectivity index (χ1n) is 4.93. The molecule has 0 unspecified atom stereocenters. The lowest BCUT2D eigenvalue weighted by Crippen LogP contribution is -1.89. The molecule has 0 atom stereocenters. The van der Waals surface area contributed by atoms with Crippen molar-refractivity contribution in [3.05, 3.63) is 41.3 Å². The number of benzene rings is 1. The first-order chi connectivity index (χ1) is 7.28. The van der Waals surface area contributed by atoms with Crippen LogP contribution in [0, 0.1) is 0 Å². The predicted molar refractivity (Wildman–Crippen MR) is 57.3 cm³/mol. The maximum absolute atomic E-state index is 5.34. The van der Waals surface area contributed by atoms with Gasteiger partial charge >= 0.3 is 6.01 Å². The average Bonchev–Trinajstić information content (AvgIpc) is 2.65. The van der Waals surface area contributed by atoms with E-state index in [0.29, 0.717) is 12.3 Å². The number of nitrogens with zero attached hydrogens (tertiary/aromatic N) is 2. The van der Waals surface area contributed by atoms with Gasteiger partial charge in [0, 0.05) is 0 Å². The van der Waals surface area contributed by atoms with Crippen LogP contribution in [-0.4, -0.2) is 10.2 Å². The molecule has 2 rings (SSSR count). The first-order valence-corrected chi connectivity index (χ1v) is 4.93. The molecule has 1 aromatic heterocycles. The van der Waals surface area contributed by atoms with Gasteiger partial charge in [-0.1, -0.05) is 36.3 Å². The fraction of sp³-hybridized carbons (Fsp3) is 0.273. The van der Waals surface area contributed by atoms with E-state index in [1.54, 1.807) is 0 Å². The van der Waals surface area contributed by atoms with Crippen LogP contribution in [0.1, 0.15) is 23.9 Å². The summed E-state index contributed by atoms with van der Waals surface area (Å²) in [6, 6.07) is 8.47. The van der Waals surface area contributed by atoms with E-state index in [4.69, 9.17) is 10.2 Å². The summed E-state index contributed by atoms with van der Waals surface area (Å²) in [4.78, 5) is 0. The number of rotatable bonds is 3. The molecular weight excluding hydrogens is 190 g/mol. The molecular formula is C11H13N3O. The SMILES string of the molecule is CCc1ccc(Cc2nnc(N)o2)cc1. The van der Waals surface area contributed by atoms with Crippen LogP contribution in [0.3, 0.4) is 0 Å². The summed E-state index contributed by atoms with van der Waals surface area (Å²) < 4.78 is 5.10. The van der Waals surface area contributed by atoms with E-state index in [-0.39, 0.29) is 6.01 Å². The monoisotopic (exact) mass is 203 g/mol. The van der Waals surface area contributed by atoms with Gasteiger partial charge in [-0.2, -0.15) is 0 Å². The van der Waals surface area contributed by atoms with Crippen LogP contribution in [0.4, 0.5) is 6.01 Å². The molecule has 0 spiro atoms. The molecule has 0 aliphatic carbocycles. The van der Waals surface area contributed by atoms with E-state index in [0.717, 1.165) is 12.0 Å². The Labute approximate surface area is 88.1 Å². The Balaban J connectivity index is 2.11. The van der Waals surface area contributed by atoms with Gasteiger partial charge in [0.05, 0.1) is 6.42 Å². The summed E-state index contributed by atoms with van der Waals surface area (Å²) in [6.45, 7) is 2.13. The molecule has 1 heterocycles. The van der Waals surface area contributed by atoms with Gasteiger partial charge in [0.15, 0.2) is 0 Å². The van der Waals surface area contributed by atoms with E-state index in [1.807, 2.05) is 0 Å². The lowest BCUT2D eigenvalue weighted by Gasteiger charge is -1.99. The lowest BCUT2D eigenvalue weighted by molar-refractivity contribution is 0.522. The van der Waals surface area contributed by atoms with Crippen molar-refractivity contribution < 1.29 is 4.42 Å². The summed E-state index contributed by atoms with van der Waals surface area (Å²) >= 11 is 0. The van der Waals surface area contributed by atoms with Crippen LogP contribution < -0.4 is 5.73 Å². The molecule has 0 bridgehead atoms. The summed E-state index contributed by atoms with van der Waals surface area (Å²) in [7, 11) is 0. The highest BCUT2D eigenvalue weighted by atomic mass is 16.4. The summed E-state index contributed by atoms with van der Waals surface area (Å²) in [6.07, 6.45) is 1.68. The van der Waals surface area contributed by atoms with Gasteiger partial charge in [0.1, 0.15) is 0 Å². The average molecular weight is 203 g/mol. The van der Waals surface area contributed by atoms with E-state index >= 15 is 0 Å². The van der Waals surface area contributed by atoms with Gasteiger partial charge in [-0.15, -0.1) is 5.10 Å². The van der Waals surface area contributed by atoms with E-state index in [1.165, 1.54) is 5.56 Å². The van der Waals surface area contributed by atoms with E-state index in [9.17, 15) is 0 Å². The van der Waals surface area contributed by atoms with Crippen molar-refractivity contribution in [3.8, 4) is 0 Å². The third kappa shape index (κ3) is 2.34. The van der Waals surface area contributed by atoms with Gasteiger partial charge in [-0.3, -0.25) is 0 Å². The molecule has 4 heteroatoms. The molecule has 2 aromatic rings. The minimum Gasteiger partial charge on any atom is -0.408 e. The minimum absolute atomic E-state index is 0.121. The molecule has 0 amide bonds. The second-order valence-electron chi connectivity index (χ2n) is 3.38. The van der Waals surface area contributed by atoms with Crippen LogP contribution in [0.2, 0.25) is 0 Å². The van der Waals surface area contributed by atoms with Crippen molar-refractivity contribution in [2.45, 2.75) is 19.8 Å². The Morgan fingerprint density at radius 2 is 1.80 bits per heavy atom. The summed E-state index contributed by atoms with van der Waals surface area (Å²) in [5.41, 5.74) is 7.81. The van der Waals surface area contributed by atoms with Crippen molar-refractivity contribution in [1.29, 1.82) is 0 Å². The van der Waals surface area contributed by atoms with E-state index < -0.39 is 0 Å². The number of nitrogens with two attached hydrogens (primary N) is 1. The topological polar surface area (TPSA) is 64.9 Å². The third-order valence-electron chi connectivity index (χ3n) is 2.27. The minimum atomic E-state index is 0.121. The zero-order chi connectivity index (χ0) is 10.7. The van der Waals surface area contributed by atoms with Gasteiger partial charge in [0.2, 0.25) is 5.89 Å². The molecule has 0 saturated carbocycles. The van der Waals surface area contributed by atoms with Gasteiger partial charge < -0.3 is 10.2 Å². The first kappa shape index (κ1) is 9.71. The molecule has 15 heavy (non-hydrogen) atoms. The maximum Gasteiger partial charge on any atom is 0.312 e. The molecule has 1 aromatic carbocycles. The Morgan fingerprint density at radius 1 is 1.13 bits per heavy atom. The largest absolute Gasteiger partial charge is 0.408 e. The Bertz CT molecular complexity index is 433. The third-order valence-corrected chi connectivity index (χ3v) is 2.27. The molecule has 0 saturated heterocycles. The number of hydrogen-bond acceptors (Lipinski definition) is 4. The molecule has 0 aliphatic heterocycles. The highest BCUT2D eigenvalue weighted by Gasteiger charge is 2.03. The fourth-order valence-corrected chi connectivity index (χ4v) is 1.41. The van der Waals surface area contributed by atoms with Crippen molar-refractivity contribution >= 4 is 6.01 Å². The van der Waals surface area contributed by atoms with Crippen LogP contribution in [0.15, 0.2) is 28.7 Å². The molecule has 4 nitrogen and oxygen atoms in total. The Kier molecular flexibility index (Phi) is 2.67. The van der Waals surface area contributed by atoms with Crippen molar-refractivity contribution in [1.82, 2.24) is 10.2 Å². The quantitative estimate of drug-likeness (QED) is 0.826. The highest BCUT2D eigenvalue weighted by Crippen LogP contribution is 2.10. The molecule has 78 valence electrons. The second kappa shape index (κ2) is 4.13. The van der Waals surface area contributed by atoms with Gasteiger partial charge in [0.25, 0.3) is 0 Å². The molecule has 0 aliphatic rings. The maximum atomic E-state index is 5.34. The standard InChI is InChI=1S/C11H13N3O/c1-2-8-3-5-9(6-4-8)7-10-13-14-11(12)15-10/h3-6H,2,7H2,1H3,(H2,12,14). The summed E-state index contributed by atoms with van der Waals surface area (Å²) in [5, 5.41) is 7.42. The number of hydrogen-bond donors (Lipinski definition) is 1. The summed E-state index contributed by atoms with van der Waals surface area (Å²) in [5.74, 6) is 0.553. The van der Waals surface area contributed by atoms with Crippen molar-refractivity contribution in [2.75, 3.05) is 5.73 Å². The van der Waals surface area contributed by atoms with Crippen LogP contribution in [0.5, 0.6) is 0 Å². The molecule has 2 N–H and O–H groups in total. The van der Waals surface area contributed by atoms with Gasteiger partial charge in [-0.25, -0.2) is 0 Å². The zero-order valence-corrected chi connectivity index (χ0v) is 8.60. The molecule has 0 radical (unpaired) electrons. The number of anilines is 1. The van der Waals surface area contributed by atoms with Crippen molar-refractivity contribution in [3.63, 3.8) is 0 Å². The normalized spacial score (nSPS) is 10.5. The highest BCUT2D eigenvalue weighted by molar-refractivity contribution is 5.24. The second-order valence-corrected chi connectivity index (χ2v) is 3.38. The number of nitrogen functional groups attached to an aromatic ring is 1. The van der Waals surface area contributed by atoms with Crippen LogP contribution >= 0.6 is 0 Å². The lowest BCUT2D eigenvalue weighted by atomic mass is 10.1. The molecule has 0 fully saturated rings. The zero-order valence-electron chi connectivity index (χ0n) is 8.60. The van der Waals surface area contributed by atoms with Crippen molar-refractivity contribution in [2.24, 2.45) is 0 Å². The van der Waals surface area contributed by atoms with Crippen LogP contribution in [0.25, 0.3) is 0 Å². The Hall–Kier alpha value is -1.84. The van der Waals surface area contributed by atoms with Crippen LogP contribution in [-0.2, 0) is 12.8 Å². The smallest absolute Gasteiger partial charge is 0.312 e. The van der Waals surface area contributed by atoms with Gasteiger partial charge in [-0.05, 0) is 17.5 Å². The van der Waals surface area contributed by atoms with E-state index in [2.05, 4.69) is 41.4 Å². The Morgan fingerprint density at radius 3 is 2.33 bits per heavy atom. The number of aromatic nitrogens is 2. The number of aryl methyl sites for hydroxylation is 1.